The highest BCUT2D eigenvalue weighted by Crippen LogP contribution is 2.16. The van der Waals surface area contributed by atoms with E-state index in [-0.39, 0.29) is 18.2 Å². The zero-order valence-corrected chi connectivity index (χ0v) is 9.56. The molecule has 1 aliphatic heterocycles. The first-order valence-electron chi connectivity index (χ1n) is 4.99. The van der Waals surface area contributed by atoms with Crippen molar-refractivity contribution in [1.82, 2.24) is 5.32 Å². The lowest BCUT2D eigenvalue weighted by Gasteiger charge is -2.33. The van der Waals surface area contributed by atoms with Crippen LogP contribution in [0.1, 0.15) is 6.92 Å². The molecule has 0 aromatic heterocycles. The average Bonchev–Trinajstić information content (AvgIpc) is 2.19. The van der Waals surface area contributed by atoms with Gasteiger partial charge in [-0.25, -0.2) is 4.39 Å². The third kappa shape index (κ3) is 3.08. The molecule has 2 rings (SSSR count). The maximum atomic E-state index is 12.7. The Hall–Kier alpha value is -0.800. The predicted octanol–water partition coefficient (Wildman–Crippen LogP) is 2.05. The van der Waals surface area contributed by atoms with Gasteiger partial charge in [0.25, 0.3) is 0 Å². The van der Waals surface area contributed by atoms with E-state index in [1.165, 1.54) is 12.1 Å². The third-order valence-electron chi connectivity index (χ3n) is 2.56. The topological polar surface area (TPSA) is 15.3 Å². The largest absolute Gasteiger partial charge is 0.369 e. The van der Waals surface area contributed by atoms with Crippen LogP contribution >= 0.6 is 12.4 Å². The van der Waals surface area contributed by atoms with Gasteiger partial charge in [0.2, 0.25) is 0 Å². The number of nitrogens with zero attached hydrogens (tertiary/aromatic N) is 1. The minimum atomic E-state index is -0.170. The molecule has 2 nitrogen and oxygen atoms in total. The average molecular weight is 231 g/mol. The van der Waals surface area contributed by atoms with Crippen molar-refractivity contribution >= 4 is 18.1 Å². The second-order valence-corrected chi connectivity index (χ2v) is 3.78. The molecule has 0 spiro atoms. The number of halogens is 2. The summed E-state index contributed by atoms with van der Waals surface area (Å²) in [7, 11) is 0. The van der Waals surface area contributed by atoms with Crippen molar-refractivity contribution in [3.05, 3.63) is 30.1 Å². The van der Waals surface area contributed by atoms with Crippen LogP contribution < -0.4 is 10.2 Å². The number of rotatable bonds is 1. The summed E-state index contributed by atoms with van der Waals surface area (Å²) in [4.78, 5) is 2.28. The van der Waals surface area contributed by atoms with Crippen molar-refractivity contribution in [2.24, 2.45) is 0 Å². The van der Waals surface area contributed by atoms with Gasteiger partial charge in [0.1, 0.15) is 5.82 Å². The maximum absolute atomic E-state index is 12.7. The van der Waals surface area contributed by atoms with Crippen molar-refractivity contribution < 1.29 is 4.39 Å². The summed E-state index contributed by atoms with van der Waals surface area (Å²) < 4.78 is 12.7. The Morgan fingerprint density at radius 3 is 2.60 bits per heavy atom. The zero-order valence-electron chi connectivity index (χ0n) is 8.74. The van der Waals surface area contributed by atoms with E-state index in [0.717, 1.165) is 25.3 Å². The van der Waals surface area contributed by atoms with Crippen molar-refractivity contribution in [2.75, 3.05) is 24.5 Å². The molecule has 1 saturated heterocycles. The Morgan fingerprint density at radius 1 is 1.33 bits per heavy atom. The molecule has 1 fully saturated rings. The SMILES string of the molecule is C[C@@H]1CN(c2ccc(F)cc2)CCN1.Cl. The molecule has 0 bridgehead atoms. The molecule has 0 amide bonds. The zero-order chi connectivity index (χ0) is 9.97. The van der Waals surface area contributed by atoms with Gasteiger partial charge in [-0.2, -0.15) is 0 Å². The molecule has 1 atom stereocenters. The molecular formula is C11H16ClFN2. The van der Waals surface area contributed by atoms with Crippen molar-refractivity contribution in [3.63, 3.8) is 0 Å². The van der Waals surface area contributed by atoms with Crippen LogP contribution in [0.4, 0.5) is 10.1 Å². The second-order valence-electron chi connectivity index (χ2n) is 3.78. The van der Waals surface area contributed by atoms with E-state index in [0.29, 0.717) is 6.04 Å². The first-order valence-corrected chi connectivity index (χ1v) is 4.99. The molecule has 1 heterocycles. The van der Waals surface area contributed by atoms with Gasteiger partial charge in [-0.3, -0.25) is 0 Å². The van der Waals surface area contributed by atoms with E-state index in [1.54, 1.807) is 0 Å². The fourth-order valence-corrected chi connectivity index (χ4v) is 1.82. The third-order valence-corrected chi connectivity index (χ3v) is 2.56. The first-order chi connectivity index (χ1) is 6.75. The minimum Gasteiger partial charge on any atom is -0.369 e. The summed E-state index contributed by atoms with van der Waals surface area (Å²) in [5.41, 5.74) is 1.11. The quantitative estimate of drug-likeness (QED) is 0.795. The van der Waals surface area contributed by atoms with Crippen LogP contribution in [0.3, 0.4) is 0 Å². The number of nitrogens with one attached hydrogen (secondary N) is 1. The Labute approximate surface area is 95.9 Å². The van der Waals surface area contributed by atoms with E-state index < -0.39 is 0 Å². The van der Waals surface area contributed by atoms with Crippen LogP contribution in [0.2, 0.25) is 0 Å². The van der Waals surface area contributed by atoms with Crippen molar-refractivity contribution in [1.29, 1.82) is 0 Å². The molecule has 0 aliphatic carbocycles. The highest BCUT2D eigenvalue weighted by Gasteiger charge is 2.15. The number of piperazine rings is 1. The van der Waals surface area contributed by atoms with Gasteiger partial charge < -0.3 is 10.2 Å². The van der Waals surface area contributed by atoms with Gasteiger partial charge in [0.15, 0.2) is 0 Å². The molecule has 1 N–H and O–H groups in total. The van der Waals surface area contributed by atoms with Crippen LogP contribution in [0.5, 0.6) is 0 Å². The molecule has 4 heteroatoms. The second kappa shape index (κ2) is 5.33. The molecule has 0 unspecified atom stereocenters. The smallest absolute Gasteiger partial charge is 0.123 e. The summed E-state index contributed by atoms with van der Waals surface area (Å²) >= 11 is 0. The van der Waals surface area contributed by atoms with Gasteiger partial charge in [0, 0.05) is 31.4 Å². The van der Waals surface area contributed by atoms with Crippen LogP contribution in [0.15, 0.2) is 24.3 Å². The van der Waals surface area contributed by atoms with E-state index in [2.05, 4.69) is 17.1 Å². The lowest BCUT2D eigenvalue weighted by molar-refractivity contribution is 0.484. The van der Waals surface area contributed by atoms with Crippen molar-refractivity contribution in [2.45, 2.75) is 13.0 Å². The Morgan fingerprint density at radius 2 is 2.00 bits per heavy atom. The van der Waals surface area contributed by atoms with Gasteiger partial charge in [-0.1, -0.05) is 0 Å². The van der Waals surface area contributed by atoms with Crippen LogP contribution in [0.25, 0.3) is 0 Å². The Balaban J connectivity index is 0.00000112. The van der Waals surface area contributed by atoms with E-state index in [1.807, 2.05) is 12.1 Å². The summed E-state index contributed by atoms with van der Waals surface area (Å²) in [6, 6.07) is 7.22. The van der Waals surface area contributed by atoms with Gasteiger partial charge in [-0.15, -0.1) is 12.4 Å². The van der Waals surface area contributed by atoms with Gasteiger partial charge >= 0.3 is 0 Å². The standard InChI is InChI=1S/C11H15FN2.ClH/c1-9-8-14(7-6-13-9)11-4-2-10(12)3-5-11;/h2-5,9,13H,6-8H2,1H3;1H/t9-;/m1./s1. The molecule has 0 saturated carbocycles. The molecular weight excluding hydrogens is 215 g/mol. The van der Waals surface area contributed by atoms with Gasteiger partial charge in [0.05, 0.1) is 0 Å². The van der Waals surface area contributed by atoms with E-state index in [9.17, 15) is 4.39 Å². The highest BCUT2D eigenvalue weighted by molar-refractivity contribution is 5.85. The summed E-state index contributed by atoms with van der Waals surface area (Å²) in [5, 5.41) is 3.38. The first kappa shape index (κ1) is 12.3. The summed E-state index contributed by atoms with van der Waals surface area (Å²) in [6.07, 6.45) is 0. The molecule has 15 heavy (non-hydrogen) atoms. The summed E-state index contributed by atoms with van der Waals surface area (Å²) in [6.45, 7) is 5.15. The number of benzene rings is 1. The fourth-order valence-electron chi connectivity index (χ4n) is 1.82. The molecule has 84 valence electrons. The predicted molar refractivity (Wildman–Crippen MR) is 63.3 cm³/mol. The fraction of sp³-hybridized carbons (Fsp3) is 0.455. The monoisotopic (exact) mass is 230 g/mol. The van der Waals surface area contributed by atoms with Crippen LogP contribution in [0, 0.1) is 5.82 Å². The van der Waals surface area contributed by atoms with Gasteiger partial charge in [-0.05, 0) is 31.2 Å². The van der Waals surface area contributed by atoms with Crippen LogP contribution in [-0.4, -0.2) is 25.7 Å². The molecule has 1 aliphatic rings. The summed E-state index contributed by atoms with van der Waals surface area (Å²) in [5.74, 6) is -0.170. The Kier molecular flexibility index (Phi) is 4.36. The van der Waals surface area contributed by atoms with E-state index >= 15 is 0 Å². The molecule has 0 radical (unpaired) electrons. The van der Waals surface area contributed by atoms with Crippen molar-refractivity contribution in [3.8, 4) is 0 Å². The number of hydrogen-bond acceptors (Lipinski definition) is 2. The number of anilines is 1. The lowest BCUT2D eigenvalue weighted by atomic mass is 10.2. The normalized spacial score (nSPS) is 20.9. The lowest BCUT2D eigenvalue weighted by Crippen LogP contribution is -2.49. The highest BCUT2D eigenvalue weighted by atomic mass is 35.5. The number of hydrogen-bond donors (Lipinski definition) is 1. The minimum absolute atomic E-state index is 0. The maximum Gasteiger partial charge on any atom is 0.123 e. The Bertz CT molecular complexity index is 302. The van der Waals surface area contributed by atoms with Crippen LogP contribution in [-0.2, 0) is 0 Å². The molecule has 1 aromatic carbocycles. The molecule has 1 aromatic rings. The van der Waals surface area contributed by atoms with E-state index in [4.69, 9.17) is 0 Å².